The zero-order valence-corrected chi connectivity index (χ0v) is 7.75. The van der Waals surface area contributed by atoms with Gasteiger partial charge in [0.1, 0.15) is 0 Å². The first kappa shape index (κ1) is 11.8. The zero-order chi connectivity index (χ0) is 9.61. The van der Waals surface area contributed by atoms with Gasteiger partial charge in [0.2, 0.25) is 0 Å². The van der Waals surface area contributed by atoms with E-state index in [1.165, 1.54) is 0 Å². The molecule has 0 aromatic rings. The highest BCUT2D eigenvalue weighted by atomic mass is 16.3. The summed E-state index contributed by atoms with van der Waals surface area (Å²) >= 11 is 0. The number of rotatable bonds is 6. The van der Waals surface area contributed by atoms with Gasteiger partial charge in [0.05, 0.1) is 12.7 Å². The molecule has 0 amide bonds. The van der Waals surface area contributed by atoms with E-state index < -0.39 is 6.10 Å². The van der Waals surface area contributed by atoms with Crippen LogP contribution in [-0.2, 0) is 0 Å². The summed E-state index contributed by atoms with van der Waals surface area (Å²) in [6, 6.07) is 0. The first-order chi connectivity index (χ1) is 5.52. The van der Waals surface area contributed by atoms with Crippen molar-refractivity contribution >= 4 is 0 Å². The fourth-order valence-corrected chi connectivity index (χ4v) is 0.698. The Bertz CT molecular complexity index is 117. The van der Waals surface area contributed by atoms with E-state index in [0.717, 1.165) is 0 Å². The van der Waals surface area contributed by atoms with Gasteiger partial charge in [-0.1, -0.05) is 13.8 Å². The summed E-state index contributed by atoms with van der Waals surface area (Å²) in [5.74, 6) is 0. The topological polar surface area (TPSA) is 72.7 Å². The zero-order valence-electron chi connectivity index (χ0n) is 7.75. The highest BCUT2D eigenvalue weighted by Gasteiger charge is 2.15. The Morgan fingerprint density at radius 1 is 1.33 bits per heavy atom. The smallest absolute Gasteiger partial charge is 0.0894 e. The van der Waals surface area contributed by atoms with Crippen LogP contribution in [0.15, 0.2) is 0 Å². The fourth-order valence-electron chi connectivity index (χ4n) is 0.698. The lowest BCUT2D eigenvalue weighted by Gasteiger charge is -2.22. The second kappa shape index (κ2) is 5.48. The van der Waals surface area contributed by atoms with Gasteiger partial charge < -0.3 is 20.6 Å². The molecule has 0 saturated heterocycles. The number of nitrogens with one attached hydrogen (secondary N) is 1. The normalized spacial score (nSPS) is 14.8. The van der Waals surface area contributed by atoms with Gasteiger partial charge in [-0.05, 0) is 0 Å². The van der Waals surface area contributed by atoms with Gasteiger partial charge in [0.15, 0.2) is 0 Å². The maximum atomic E-state index is 8.95. The lowest BCUT2D eigenvalue weighted by Crippen LogP contribution is -2.37. The van der Waals surface area contributed by atoms with E-state index in [1.807, 2.05) is 13.8 Å². The van der Waals surface area contributed by atoms with Gasteiger partial charge >= 0.3 is 0 Å². The van der Waals surface area contributed by atoms with Gasteiger partial charge in [-0.2, -0.15) is 0 Å². The minimum Gasteiger partial charge on any atom is -0.396 e. The van der Waals surface area contributed by atoms with E-state index in [1.54, 1.807) is 0 Å². The molecule has 0 saturated carbocycles. The average Bonchev–Trinajstić information content (AvgIpc) is 2.04. The van der Waals surface area contributed by atoms with E-state index in [0.29, 0.717) is 13.1 Å². The van der Waals surface area contributed by atoms with Crippen LogP contribution in [0, 0.1) is 5.41 Å². The fraction of sp³-hybridized carbons (Fsp3) is 1.00. The molecule has 0 fully saturated rings. The van der Waals surface area contributed by atoms with E-state index in [-0.39, 0.29) is 18.6 Å². The number of hydrogen-bond donors (Lipinski definition) is 4. The summed E-state index contributed by atoms with van der Waals surface area (Å²) in [6.07, 6.45) is -0.709. The largest absolute Gasteiger partial charge is 0.396 e. The standard InChI is InChI=1S/C8H19NO3/c1-8(2,6-11)5-9-3-7(12)4-10/h7,9-12H,3-6H2,1-2H3. The minimum absolute atomic E-state index is 0.106. The quantitative estimate of drug-likeness (QED) is 0.417. The Kier molecular flexibility index (Phi) is 5.41. The Morgan fingerprint density at radius 2 is 1.92 bits per heavy atom. The molecule has 0 heterocycles. The van der Waals surface area contributed by atoms with Crippen LogP contribution in [0.1, 0.15) is 13.8 Å². The molecular formula is C8H19NO3. The summed E-state index contributed by atoms with van der Waals surface area (Å²) in [4.78, 5) is 0. The molecule has 0 aliphatic rings. The minimum atomic E-state index is -0.709. The molecule has 12 heavy (non-hydrogen) atoms. The van der Waals surface area contributed by atoms with Crippen LogP contribution in [-0.4, -0.2) is 47.7 Å². The SMILES string of the molecule is CC(C)(CO)CNCC(O)CO. The van der Waals surface area contributed by atoms with Crippen molar-refractivity contribution < 1.29 is 15.3 Å². The van der Waals surface area contributed by atoms with Gasteiger partial charge in [0.25, 0.3) is 0 Å². The third kappa shape index (κ3) is 5.49. The van der Waals surface area contributed by atoms with Gasteiger partial charge in [-0.25, -0.2) is 0 Å². The first-order valence-corrected chi connectivity index (χ1v) is 4.12. The monoisotopic (exact) mass is 177 g/mol. The number of aliphatic hydroxyl groups is 3. The van der Waals surface area contributed by atoms with E-state index in [2.05, 4.69) is 5.32 Å². The van der Waals surface area contributed by atoms with Crippen LogP contribution in [0.2, 0.25) is 0 Å². The Balaban J connectivity index is 3.42. The van der Waals surface area contributed by atoms with Gasteiger partial charge in [-0.3, -0.25) is 0 Å². The van der Waals surface area contributed by atoms with Gasteiger partial charge in [-0.15, -0.1) is 0 Å². The van der Waals surface area contributed by atoms with Crippen LogP contribution in [0.4, 0.5) is 0 Å². The maximum Gasteiger partial charge on any atom is 0.0894 e. The number of hydrogen-bond acceptors (Lipinski definition) is 4. The van der Waals surface area contributed by atoms with Crippen molar-refractivity contribution in [2.75, 3.05) is 26.3 Å². The molecule has 1 unspecified atom stereocenters. The van der Waals surface area contributed by atoms with Crippen LogP contribution in [0.25, 0.3) is 0 Å². The lowest BCUT2D eigenvalue weighted by atomic mass is 9.95. The molecule has 0 rings (SSSR count). The second-order valence-electron chi connectivity index (χ2n) is 3.79. The predicted octanol–water partition coefficient (Wildman–Crippen LogP) is -1.05. The third-order valence-corrected chi connectivity index (χ3v) is 1.62. The molecule has 0 aromatic carbocycles. The summed E-state index contributed by atoms with van der Waals surface area (Å²) in [5, 5.41) is 29.3. The number of aliphatic hydroxyl groups excluding tert-OH is 3. The average molecular weight is 177 g/mol. The van der Waals surface area contributed by atoms with E-state index >= 15 is 0 Å². The molecule has 0 aromatic heterocycles. The molecule has 0 spiro atoms. The highest BCUT2D eigenvalue weighted by Crippen LogP contribution is 2.10. The van der Waals surface area contributed by atoms with Crippen molar-refractivity contribution in [1.82, 2.24) is 5.32 Å². The van der Waals surface area contributed by atoms with Crippen LogP contribution >= 0.6 is 0 Å². The van der Waals surface area contributed by atoms with Crippen molar-refractivity contribution in [2.45, 2.75) is 20.0 Å². The molecule has 74 valence electrons. The Labute approximate surface area is 73.2 Å². The maximum absolute atomic E-state index is 8.95. The molecule has 4 nitrogen and oxygen atoms in total. The molecule has 0 radical (unpaired) electrons. The molecule has 4 heteroatoms. The van der Waals surface area contributed by atoms with E-state index in [9.17, 15) is 0 Å². The predicted molar refractivity (Wildman–Crippen MR) is 46.8 cm³/mol. The molecular weight excluding hydrogens is 158 g/mol. The van der Waals surface area contributed by atoms with Gasteiger partial charge in [0, 0.05) is 25.1 Å². The molecule has 0 bridgehead atoms. The van der Waals surface area contributed by atoms with Crippen molar-refractivity contribution in [3.63, 3.8) is 0 Å². The Hall–Kier alpha value is -0.160. The molecule has 0 aliphatic carbocycles. The van der Waals surface area contributed by atoms with E-state index in [4.69, 9.17) is 15.3 Å². The summed E-state index contributed by atoms with van der Waals surface area (Å²) in [6.45, 7) is 4.71. The Morgan fingerprint density at radius 3 is 2.33 bits per heavy atom. The molecule has 0 aliphatic heterocycles. The summed E-state index contributed by atoms with van der Waals surface area (Å²) in [5.41, 5.74) is -0.171. The van der Waals surface area contributed by atoms with Crippen LogP contribution in [0.5, 0.6) is 0 Å². The third-order valence-electron chi connectivity index (χ3n) is 1.62. The van der Waals surface area contributed by atoms with Crippen LogP contribution < -0.4 is 5.32 Å². The highest BCUT2D eigenvalue weighted by molar-refractivity contribution is 4.70. The van der Waals surface area contributed by atoms with Crippen molar-refractivity contribution in [3.05, 3.63) is 0 Å². The van der Waals surface area contributed by atoms with Crippen molar-refractivity contribution in [2.24, 2.45) is 5.41 Å². The van der Waals surface area contributed by atoms with Crippen LogP contribution in [0.3, 0.4) is 0 Å². The van der Waals surface area contributed by atoms with Crippen molar-refractivity contribution in [1.29, 1.82) is 0 Å². The summed E-state index contributed by atoms with van der Waals surface area (Å²) in [7, 11) is 0. The second-order valence-corrected chi connectivity index (χ2v) is 3.79. The first-order valence-electron chi connectivity index (χ1n) is 4.12. The van der Waals surface area contributed by atoms with Crippen molar-refractivity contribution in [3.8, 4) is 0 Å². The lowest BCUT2D eigenvalue weighted by molar-refractivity contribution is 0.0879. The molecule has 1 atom stereocenters. The molecule has 4 N–H and O–H groups in total. The summed E-state index contributed by atoms with van der Waals surface area (Å²) < 4.78 is 0.